The van der Waals surface area contributed by atoms with Crippen molar-refractivity contribution in [3.8, 4) is 0 Å². The van der Waals surface area contributed by atoms with E-state index in [4.69, 9.17) is 0 Å². The maximum Gasteiger partial charge on any atom is 0.235 e. The summed E-state index contributed by atoms with van der Waals surface area (Å²) < 4.78 is 0. The lowest BCUT2D eigenvalue weighted by Crippen LogP contribution is -2.32. The lowest BCUT2D eigenvalue weighted by molar-refractivity contribution is -0.121. The Hall–Kier alpha value is -1.55. The van der Waals surface area contributed by atoms with Crippen molar-refractivity contribution in [1.82, 2.24) is 10.4 Å². The molecule has 1 amide bonds. The molecule has 16 heavy (non-hydrogen) atoms. The van der Waals surface area contributed by atoms with Crippen LogP contribution in [-0.2, 0) is 11.3 Å². The molecular formula is C12H17N3O. The van der Waals surface area contributed by atoms with Crippen molar-refractivity contribution in [2.45, 2.75) is 13.0 Å². The van der Waals surface area contributed by atoms with Crippen molar-refractivity contribution in [3.05, 3.63) is 29.8 Å². The van der Waals surface area contributed by atoms with Gasteiger partial charge in [0.25, 0.3) is 0 Å². The predicted octanol–water partition coefficient (Wildman–Crippen LogP) is 0.989. The van der Waals surface area contributed by atoms with Gasteiger partial charge in [-0.3, -0.25) is 10.2 Å². The van der Waals surface area contributed by atoms with Gasteiger partial charge in [-0.15, -0.1) is 0 Å². The number of carbonyl (C=O) groups is 1. The summed E-state index contributed by atoms with van der Waals surface area (Å²) in [6.45, 7) is 1.58. The van der Waals surface area contributed by atoms with Crippen LogP contribution in [-0.4, -0.2) is 31.6 Å². The maximum absolute atomic E-state index is 11.0. The van der Waals surface area contributed by atoms with Gasteiger partial charge in [0.15, 0.2) is 0 Å². The van der Waals surface area contributed by atoms with Crippen LogP contribution in [0.5, 0.6) is 0 Å². The second-order valence-electron chi connectivity index (χ2n) is 4.27. The Balaban J connectivity index is 1.97. The van der Waals surface area contributed by atoms with Gasteiger partial charge in [0.2, 0.25) is 5.91 Å². The van der Waals surface area contributed by atoms with Crippen molar-refractivity contribution >= 4 is 11.6 Å². The zero-order chi connectivity index (χ0) is 11.5. The van der Waals surface area contributed by atoms with E-state index in [0.29, 0.717) is 6.42 Å². The molecule has 0 bridgehead atoms. The topological polar surface area (TPSA) is 35.6 Å². The van der Waals surface area contributed by atoms with E-state index in [1.165, 1.54) is 11.3 Å². The van der Waals surface area contributed by atoms with Crippen molar-refractivity contribution in [1.29, 1.82) is 0 Å². The molecule has 1 saturated heterocycles. The van der Waals surface area contributed by atoms with E-state index in [-0.39, 0.29) is 5.91 Å². The Labute approximate surface area is 95.8 Å². The molecule has 0 saturated carbocycles. The van der Waals surface area contributed by atoms with Crippen LogP contribution in [0.25, 0.3) is 0 Å². The van der Waals surface area contributed by atoms with Gasteiger partial charge in [0.1, 0.15) is 0 Å². The van der Waals surface area contributed by atoms with Gasteiger partial charge in [-0.1, -0.05) is 12.1 Å². The largest absolute Gasteiger partial charge is 0.378 e. The molecule has 0 spiro atoms. The predicted molar refractivity (Wildman–Crippen MR) is 63.9 cm³/mol. The van der Waals surface area contributed by atoms with Gasteiger partial charge < -0.3 is 4.90 Å². The van der Waals surface area contributed by atoms with Crippen LogP contribution in [0.4, 0.5) is 5.69 Å². The molecule has 1 aliphatic heterocycles. The summed E-state index contributed by atoms with van der Waals surface area (Å²) in [7, 11) is 4.05. The Morgan fingerprint density at radius 3 is 2.50 bits per heavy atom. The second kappa shape index (κ2) is 4.53. The van der Waals surface area contributed by atoms with E-state index in [2.05, 4.69) is 34.6 Å². The zero-order valence-electron chi connectivity index (χ0n) is 9.73. The summed E-state index contributed by atoms with van der Waals surface area (Å²) in [5.74, 6) is 0.116. The van der Waals surface area contributed by atoms with Crippen LogP contribution < -0.4 is 10.3 Å². The highest BCUT2D eigenvalue weighted by atomic mass is 16.2. The van der Waals surface area contributed by atoms with Crippen molar-refractivity contribution in [3.63, 3.8) is 0 Å². The Morgan fingerprint density at radius 2 is 2.00 bits per heavy atom. The van der Waals surface area contributed by atoms with E-state index >= 15 is 0 Å². The average Bonchev–Trinajstić information content (AvgIpc) is 2.65. The van der Waals surface area contributed by atoms with Crippen molar-refractivity contribution < 1.29 is 4.79 Å². The molecule has 0 aromatic heterocycles. The molecule has 2 rings (SSSR count). The molecule has 1 fully saturated rings. The summed E-state index contributed by atoms with van der Waals surface area (Å²) in [5, 5.41) is 1.95. The van der Waals surface area contributed by atoms with E-state index in [1.807, 2.05) is 19.1 Å². The fourth-order valence-electron chi connectivity index (χ4n) is 1.76. The van der Waals surface area contributed by atoms with Crippen LogP contribution in [0.2, 0.25) is 0 Å². The maximum atomic E-state index is 11.0. The number of hydrogen-bond acceptors (Lipinski definition) is 3. The molecule has 1 aromatic carbocycles. The van der Waals surface area contributed by atoms with Gasteiger partial charge in [0, 0.05) is 39.3 Å². The highest BCUT2D eigenvalue weighted by Gasteiger charge is 2.17. The molecular weight excluding hydrogens is 202 g/mol. The normalized spacial score (nSPS) is 16.2. The molecule has 4 heteroatoms. The smallest absolute Gasteiger partial charge is 0.235 e. The number of benzene rings is 1. The first-order valence-electron chi connectivity index (χ1n) is 5.46. The lowest BCUT2D eigenvalue weighted by atomic mass is 10.2. The van der Waals surface area contributed by atoms with E-state index in [9.17, 15) is 4.79 Å². The van der Waals surface area contributed by atoms with E-state index in [0.717, 1.165) is 13.1 Å². The molecule has 0 radical (unpaired) electrons. The fraction of sp³-hybridized carbons (Fsp3) is 0.417. The van der Waals surface area contributed by atoms with Gasteiger partial charge in [-0.25, -0.2) is 5.01 Å². The van der Waals surface area contributed by atoms with Gasteiger partial charge in [0.05, 0.1) is 0 Å². The summed E-state index contributed by atoms with van der Waals surface area (Å²) in [6.07, 6.45) is 0.607. The third-order valence-electron chi connectivity index (χ3n) is 2.72. The molecule has 0 atom stereocenters. The molecule has 1 aliphatic rings. The molecule has 1 N–H and O–H groups in total. The summed E-state index contributed by atoms with van der Waals surface area (Å²) >= 11 is 0. The van der Waals surface area contributed by atoms with E-state index in [1.54, 1.807) is 0 Å². The first-order valence-corrected chi connectivity index (χ1v) is 5.46. The third-order valence-corrected chi connectivity index (χ3v) is 2.72. The third kappa shape index (κ3) is 2.52. The Morgan fingerprint density at radius 1 is 1.31 bits per heavy atom. The monoisotopic (exact) mass is 219 g/mol. The van der Waals surface area contributed by atoms with Gasteiger partial charge in [-0.2, -0.15) is 0 Å². The highest BCUT2D eigenvalue weighted by molar-refractivity contribution is 5.77. The molecule has 0 aliphatic carbocycles. The van der Waals surface area contributed by atoms with Crippen molar-refractivity contribution in [2.24, 2.45) is 0 Å². The Bertz CT molecular complexity index is 372. The molecule has 1 aromatic rings. The summed E-state index contributed by atoms with van der Waals surface area (Å²) in [6, 6.07) is 8.38. The SMILES string of the molecule is CN(C)c1ccc(CN2CCC(=O)N2)cc1. The first-order chi connectivity index (χ1) is 7.65. The standard InChI is InChI=1S/C12H17N3O/c1-14(2)11-5-3-10(4-6-11)9-15-8-7-12(16)13-15/h3-6H,7-9H2,1-2H3,(H,13,16). The number of amides is 1. The second-order valence-corrected chi connectivity index (χ2v) is 4.27. The molecule has 0 unspecified atom stereocenters. The zero-order valence-corrected chi connectivity index (χ0v) is 9.73. The van der Waals surface area contributed by atoms with Crippen molar-refractivity contribution in [2.75, 3.05) is 25.5 Å². The average molecular weight is 219 g/mol. The molecule has 4 nitrogen and oxygen atoms in total. The molecule has 86 valence electrons. The van der Waals surface area contributed by atoms with Gasteiger partial charge >= 0.3 is 0 Å². The minimum absolute atomic E-state index is 0.116. The number of nitrogens with one attached hydrogen (secondary N) is 1. The number of nitrogens with zero attached hydrogens (tertiary/aromatic N) is 2. The highest BCUT2D eigenvalue weighted by Crippen LogP contribution is 2.14. The van der Waals surface area contributed by atoms with Crippen LogP contribution in [0.1, 0.15) is 12.0 Å². The summed E-state index contributed by atoms with van der Waals surface area (Å²) in [5.41, 5.74) is 5.23. The minimum Gasteiger partial charge on any atom is -0.378 e. The summed E-state index contributed by atoms with van der Waals surface area (Å²) in [4.78, 5) is 13.1. The first kappa shape index (κ1) is 11.0. The van der Waals surface area contributed by atoms with E-state index < -0.39 is 0 Å². The molecule has 1 heterocycles. The number of carbonyl (C=O) groups excluding carboxylic acids is 1. The van der Waals surface area contributed by atoms with Crippen LogP contribution in [0, 0.1) is 0 Å². The van der Waals surface area contributed by atoms with Gasteiger partial charge in [-0.05, 0) is 17.7 Å². The Kier molecular flexibility index (Phi) is 3.10. The lowest BCUT2D eigenvalue weighted by Gasteiger charge is -2.16. The number of hydrazine groups is 1. The number of rotatable bonds is 3. The number of anilines is 1. The van der Waals surface area contributed by atoms with Crippen LogP contribution in [0.15, 0.2) is 24.3 Å². The van der Waals surface area contributed by atoms with Crippen LogP contribution in [0.3, 0.4) is 0 Å². The van der Waals surface area contributed by atoms with Crippen LogP contribution >= 0.6 is 0 Å². The number of hydrogen-bond donors (Lipinski definition) is 1. The quantitative estimate of drug-likeness (QED) is 0.823. The fourth-order valence-corrected chi connectivity index (χ4v) is 1.76. The minimum atomic E-state index is 0.116.